The van der Waals surface area contributed by atoms with E-state index in [1.54, 1.807) is 0 Å². The van der Waals surface area contributed by atoms with Crippen molar-refractivity contribution in [1.82, 2.24) is 0 Å². The number of hydrogen-bond acceptors (Lipinski definition) is 3. The minimum absolute atomic E-state index is 0.899. The number of hydrogen-bond donors (Lipinski definition) is 0. The van der Waals surface area contributed by atoms with Gasteiger partial charge in [-0.2, -0.15) is 0 Å². The second-order valence-electron chi connectivity index (χ2n) is 14.9. The smallest absolute Gasteiger partial charge is 0.143 e. The molecule has 0 bridgehead atoms. The molecule has 0 aliphatic heterocycles. The lowest BCUT2D eigenvalue weighted by atomic mass is 9.99. The molecule has 11 rings (SSSR count). The van der Waals surface area contributed by atoms with Crippen molar-refractivity contribution < 1.29 is 8.83 Å². The predicted molar refractivity (Wildman–Crippen MR) is 248 cm³/mol. The van der Waals surface area contributed by atoms with Gasteiger partial charge in [-0.3, -0.25) is 0 Å². The first kappa shape index (κ1) is 34.4. The highest BCUT2D eigenvalue weighted by Crippen LogP contribution is 2.41. The summed E-state index contributed by atoms with van der Waals surface area (Å²) in [6.07, 6.45) is 1.87. The molecule has 0 unspecified atom stereocenters. The van der Waals surface area contributed by atoms with Gasteiger partial charge < -0.3 is 13.7 Å². The van der Waals surface area contributed by atoms with Crippen LogP contribution in [0.5, 0.6) is 0 Å². The zero-order chi connectivity index (χ0) is 39.3. The lowest BCUT2D eigenvalue weighted by Gasteiger charge is -2.26. The Morgan fingerprint density at radius 3 is 1.07 bits per heavy atom. The van der Waals surface area contributed by atoms with Crippen LogP contribution in [0.25, 0.3) is 94.5 Å². The lowest BCUT2D eigenvalue weighted by molar-refractivity contribution is 0.669. The van der Waals surface area contributed by atoms with Crippen LogP contribution in [0.1, 0.15) is 5.56 Å². The third-order valence-electron chi connectivity index (χ3n) is 11.5. The van der Waals surface area contributed by atoms with Crippen LogP contribution in [0, 0.1) is 0 Å². The van der Waals surface area contributed by atoms with Crippen LogP contribution >= 0.6 is 0 Å². The Morgan fingerprint density at radius 2 is 0.661 bits per heavy atom. The molecule has 3 nitrogen and oxygen atoms in total. The molecule has 0 aliphatic carbocycles. The van der Waals surface area contributed by atoms with E-state index in [-0.39, 0.29) is 0 Å². The first-order valence-electron chi connectivity index (χ1n) is 19.9. The van der Waals surface area contributed by atoms with Gasteiger partial charge in [0, 0.05) is 49.7 Å². The third kappa shape index (κ3) is 6.08. The van der Waals surface area contributed by atoms with E-state index in [4.69, 9.17) is 8.83 Å². The number of nitrogens with zero attached hydrogens (tertiary/aromatic N) is 1. The Balaban J connectivity index is 0.960. The molecule has 3 heteroatoms. The highest BCUT2D eigenvalue weighted by molar-refractivity contribution is 6.10. The Morgan fingerprint density at radius 1 is 0.322 bits per heavy atom. The van der Waals surface area contributed by atoms with E-state index in [1.807, 2.05) is 30.3 Å². The fourth-order valence-corrected chi connectivity index (χ4v) is 8.45. The van der Waals surface area contributed by atoms with Gasteiger partial charge in [0.2, 0.25) is 0 Å². The molecule has 0 atom stereocenters. The summed E-state index contributed by atoms with van der Waals surface area (Å²) >= 11 is 0. The van der Waals surface area contributed by atoms with Gasteiger partial charge in [-0.05, 0) is 87.5 Å². The van der Waals surface area contributed by atoms with Crippen LogP contribution in [-0.2, 0) is 0 Å². The number of anilines is 3. The van der Waals surface area contributed by atoms with Crippen molar-refractivity contribution in [2.24, 2.45) is 0 Å². The Kier molecular flexibility index (Phi) is 8.30. The normalized spacial score (nSPS) is 11.5. The van der Waals surface area contributed by atoms with E-state index in [0.29, 0.717) is 0 Å². The van der Waals surface area contributed by atoms with Crippen LogP contribution in [0.15, 0.2) is 222 Å². The molecule has 0 saturated carbocycles. The first-order chi connectivity index (χ1) is 29.2. The van der Waals surface area contributed by atoms with E-state index in [2.05, 4.69) is 193 Å². The zero-order valence-corrected chi connectivity index (χ0v) is 32.2. The van der Waals surface area contributed by atoms with Crippen LogP contribution in [0.3, 0.4) is 0 Å². The topological polar surface area (TPSA) is 29.5 Å². The maximum Gasteiger partial charge on any atom is 0.143 e. The Bertz CT molecular complexity index is 3140. The summed E-state index contributed by atoms with van der Waals surface area (Å²) in [6.45, 7) is 3.88. The van der Waals surface area contributed by atoms with Crippen LogP contribution in [-0.4, -0.2) is 0 Å². The van der Waals surface area contributed by atoms with Crippen LogP contribution in [0.4, 0.5) is 17.1 Å². The van der Waals surface area contributed by atoms with Gasteiger partial charge >= 0.3 is 0 Å². The number of furan rings is 2. The van der Waals surface area contributed by atoms with Crippen molar-refractivity contribution in [3.05, 3.63) is 218 Å². The number of benzene rings is 9. The Hall–Kier alpha value is -7.88. The third-order valence-corrected chi connectivity index (χ3v) is 11.5. The fourth-order valence-electron chi connectivity index (χ4n) is 8.45. The maximum atomic E-state index is 6.41. The van der Waals surface area contributed by atoms with Gasteiger partial charge in [0.25, 0.3) is 0 Å². The summed E-state index contributed by atoms with van der Waals surface area (Å²) in [5, 5.41) is 4.51. The molecule has 11 aromatic rings. The average Bonchev–Trinajstić information content (AvgIpc) is 3.89. The molecule has 0 aliphatic rings. The van der Waals surface area contributed by atoms with Gasteiger partial charge in [-0.25, -0.2) is 0 Å². The molecule has 59 heavy (non-hydrogen) atoms. The molecular formula is C56H37NO2. The van der Waals surface area contributed by atoms with E-state index >= 15 is 0 Å². The minimum atomic E-state index is 0.899. The summed E-state index contributed by atoms with van der Waals surface area (Å²) in [5.74, 6) is 0. The highest BCUT2D eigenvalue weighted by Gasteiger charge is 2.17. The molecular weight excluding hydrogens is 719 g/mol. The van der Waals surface area contributed by atoms with Crippen molar-refractivity contribution in [3.8, 4) is 44.5 Å². The number of para-hydroxylation sites is 4. The number of rotatable bonds is 8. The van der Waals surface area contributed by atoms with Crippen molar-refractivity contribution in [1.29, 1.82) is 0 Å². The SMILES string of the molecule is C=Cc1ccc(-c2ccc(-c3ccc(N(c4ccc(-c5cccc6c5oc5ccccc56)cc4)c4ccc(-c5cccc6c5oc5ccccc56)cc4)cc3)cc2)cc1. The lowest BCUT2D eigenvalue weighted by Crippen LogP contribution is -2.09. The van der Waals surface area contributed by atoms with Gasteiger partial charge in [-0.1, -0.05) is 170 Å². The summed E-state index contributed by atoms with van der Waals surface area (Å²) in [7, 11) is 0. The molecule has 0 radical (unpaired) electrons. The van der Waals surface area contributed by atoms with Crippen LogP contribution in [0.2, 0.25) is 0 Å². The molecule has 2 heterocycles. The molecule has 0 fully saturated rings. The van der Waals surface area contributed by atoms with Crippen molar-refractivity contribution in [3.63, 3.8) is 0 Å². The largest absolute Gasteiger partial charge is 0.455 e. The van der Waals surface area contributed by atoms with E-state index < -0.39 is 0 Å². The van der Waals surface area contributed by atoms with Crippen molar-refractivity contribution >= 4 is 67.0 Å². The standard InChI is InChI=1S/C56H37NO2/c1-2-37-17-19-38(20-18-37)39-21-23-40(24-22-39)41-25-31-44(32-26-41)57(45-33-27-42(28-34-45)47-11-7-13-51-49-9-3-5-15-53(49)58-55(47)51)46-35-29-43(30-36-46)48-12-8-14-52-50-10-4-6-16-54(50)59-56(48)52/h2-36H,1H2. The molecule has 9 aromatic carbocycles. The maximum absolute atomic E-state index is 6.41. The van der Waals surface area contributed by atoms with E-state index in [9.17, 15) is 0 Å². The van der Waals surface area contributed by atoms with Gasteiger partial charge in [0.15, 0.2) is 0 Å². The van der Waals surface area contributed by atoms with Gasteiger partial charge in [0.05, 0.1) is 0 Å². The van der Waals surface area contributed by atoms with Crippen molar-refractivity contribution in [2.75, 3.05) is 4.90 Å². The average molecular weight is 756 g/mol. The number of fused-ring (bicyclic) bond motifs is 6. The first-order valence-corrected chi connectivity index (χ1v) is 19.9. The summed E-state index contributed by atoms with van der Waals surface area (Å²) in [4.78, 5) is 2.32. The molecule has 0 saturated heterocycles. The summed E-state index contributed by atoms with van der Waals surface area (Å²) < 4.78 is 12.8. The summed E-state index contributed by atoms with van der Waals surface area (Å²) in [5.41, 5.74) is 16.9. The van der Waals surface area contributed by atoms with Gasteiger partial charge in [0.1, 0.15) is 22.3 Å². The molecule has 0 amide bonds. The second kappa shape index (κ2) is 14.3. The fraction of sp³-hybridized carbons (Fsp3) is 0. The molecule has 278 valence electrons. The molecule has 2 aromatic heterocycles. The van der Waals surface area contributed by atoms with Gasteiger partial charge in [-0.15, -0.1) is 0 Å². The van der Waals surface area contributed by atoms with Crippen molar-refractivity contribution in [2.45, 2.75) is 0 Å². The second-order valence-corrected chi connectivity index (χ2v) is 14.9. The quantitative estimate of drug-likeness (QED) is 0.155. The zero-order valence-electron chi connectivity index (χ0n) is 32.2. The summed E-state index contributed by atoms with van der Waals surface area (Å²) in [6, 6.07) is 73.0. The Labute approximate surface area is 342 Å². The molecule has 0 spiro atoms. The van der Waals surface area contributed by atoms with E-state index in [1.165, 1.54) is 16.7 Å². The monoisotopic (exact) mass is 755 g/mol. The van der Waals surface area contributed by atoms with E-state index in [0.717, 1.165) is 94.3 Å². The van der Waals surface area contributed by atoms with Crippen LogP contribution < -0.4 is 4.90 Å². The molecule has 0 N–H and O–H groups in total. The highest BCUT2D eigenvalue weighted by atomic mass is 16.3. The predicted octanol–water partition coefficient (Wildman–Crippen LogP) is 16.3. The minimum Gasteiger partial charge on any atom is -0.455 e.